The number of fused-ring (bicyclic) bond motifs is 8. The van der Waals surface area contributed by atoms with Crippen LogP contribution in [0.1, 0.15) is 69.4 Å². The van der Waals surface area contributed by atoms with Crippen LogP contribution in [0.2, 0.25) is 0 Å². The number of ether oxygens (including phenoxy) is 4. The molecule has 0 aliphatic carbocycles. The third-order valence-corrected chi connectivity index (χ3v) is 18.5. The summed E-state index contributed by atoms with van der Waals surface area (Å²) < 4.78 is 23.6. The summed E-state index contributed by atoms with van der Waals surface area (Å²) in [5.74, 6) is -0.988. The van der Waals surface area contributed by atoms with Gasteiger partial charge in [0.2, 0.25) is 0 Å². The SMILES string of the molecule is OCC1OC(c2ccc(-c3c4nc(c(-c5ccc(C6O[C@H](CO)[C@@H](O)[C@H](O)[C@H]6O)cc5)c5ccc([nH]5)c(-c5ccc(C6O[C@H](O)[C@@H](O)[C@H](O)[C@H]6CO)cc5)c5nc(c(-c6ccc(C7OC(CO)[C@H](O)[C@@H](O)[C@@H]7O)cc6)c6ccc3[nH]6)C=C5)C=C4)cc2)[C@@H](O)[C@H](O)[C@H]1O. The summed E-state index contributed by atoms with van der Waals surface area (Å²) in [6, 6.07) is 35.6. The van der Waals surface area contributed by atoms with E-state index in [1.165, 1.54) is 0 Å². The van der Waals surface area contributed by atoms with Crippen molar-refractivity contribution in [1.29, 1.82) is 0 Å². The second-order valence-electron chi connectivity index (χ2n) is 24.0. The fourth-order valence-electron chi connectivity index (χ4n) is 13.4. The molecule has 4 fully saturated rings. The van der Waals surface area contributed by atoms with E-state index in [9.17, 15) is 81.7 Å². The van der Waals surface area contributed by atoms with Gasteiger partial charge in [0.1, 0.15) is 97.7 Å². The van der Waals surface area contributed by atoms with Crippen molar-refractivity contribution in [3.8, 4) is 44.5 Å². The highest BCUT2D eigenvalue weighted by Gasteiger charge is 2.48. The molecule has 24 nitrogen and oxygen atoms in total. The molecule has 92 heavy (non-hydrogen) atoms. The number of aromatic nitrogens is 4. The van der Waals surface area contributed by atoms with Gasteiger partial charge in [-0.15, -0.1) is 0 Å². The van der Waals surface area contributed by atoms with Crippen LogP contribution in [0.3, 0.4) is 0 Å². The zero-order chi connectivity index (χ0) is 64.5. The molecular formula is C68H70N4O20. The predicted octanol–water partition coefficient (Wildman–Crippen LogP) is 1.59. The first-order valence-electron chi connectivity index (χ1n) is 30.2. The Morgan fingerprint density at radius 3 is 0.815 bits per heavy atom. The first-order chi connectivity index (χ1) is 44.4. The molecule has 6 aliphatic heterocycles. The summed E-state index contributed by atoms with van der Waals surface area (Å²) in [6.07, 6.45) is -19.5. The first kappa shape index (κ1) is 63.4. The van der Waals surface area contributed by atoms with Crippen molar-refractivity contribution in [2.75, 3.05) is 26.4 Å². The van der Waals surface area contributed by atoms with Crippen molar-refractivity contribution in [2.45, 2.75) is 116 Å². The van der Waals surface area contributed by atoms with E-state index in [-0.39, 0.29) is 0 Å². The van der Waals surface area contributed by atoms with Crippen LogP contribution in [0.15, 0.2) is 121 Å². The molecule has 8 bridgehead atoms. The molecule has 0 saturated carbocycles. The monoisotopic (exact) mass is 1260 g/mol. The second kappa shape index (κ2) is 25.9. The third kappa shape index (κ3) is 11.3. The van der Waals surface area contributed by atoms with Crippen molar-refractivity contribution in [1.82, 2.24) is 19.9 Å². The van der Waals surface area contributed by atoms with Gasteiger partial charge in [0.15, 0.2) is 6.29 Å². The number of hydrogen-bond donors (Lipinski definition) is 18. The highest BCUT2D eigenvalue weighted by molar-refractivity contribution is 6.00. The maximum atomic E-state index is 11.1. The van der Waals surface area contributed by atoms with Gasteiger partial charge in [0.05, 0.1) is 61.4 Å². The topological polar surface area (TPSA) is 418 Å². The number of H-pyrrole nitrogens is 2. The quantitative estimate of drug-likeness (QED) is 0.0826. The Labute approximate surface area is 524 Å². The number of nitrogens with one attached hydrogen (secondary N) is 2. The fraction of sp³-hybridized carbons (Fsp3) is 0.353. The molecule has 6 unspecified atom stereocenters. The van der Waals surface area contributed by atoms with Crippen LogP contribution in [0, 0.1) is 5.92 Å². The average Bonchev–Trinajstić information content (AvgIpc) is 1.54. The molecule has 0 amide bonds. The molecule has 4 saturated heterocycles. The van der Waals surface area contributed by atoms with Crippen LogP contribution in [0.5, 0.6) is 0 Å². The zero-order valence-corrected chi connectivity index (χ0v) is 48.9. The fourth-order valence-corrected chi connectivity index (χ4v) is 13.4. The molecular weight excluding hydrogens is 1190 g/mol. The summed E-state index contributed by atoms with van der Waals surface area (Å²) in [4.78, 5) is 18.1. The van der Waals surface area contributed by atoms with Gasteiger partial charge in [-0.2, -0.15) is 0 Å². The van der Waals surface area contributed by atoms with E-state index < -0.39 is 149 Å². The van der Waals surface area contributed by atoms with Gasteiger partial charge in [-0.3, -0.25) is 0 Å². The van der Waals surface area contributed by atoms with E-state index >= 15 is 0 Å². The minimum atomic E-state index is -1.74. The van der Waals surface area contributed by atoms with Crippen molar-refractivity contribution in [2.24, 2.45) is 5.92 Å². The van der Waals surface area contributed by atoms with E-state index in [2.05, 4.69) is 9.97 Å². The smallest absolute Gasteiger partial charge is 0.184 e. The highest BCUT2D eigenvalue weighted by atomic mass is 16.6. The Morgan fingerprint density at radius 1 is 0.283 bits per heavy atom. The molecule has 4 aromatic carbocycles. The number of aliphatic hydroxyl groups excluding tert-OH is 16. The largest absolute Gasteiger partial charge is 0.396 e. The van der Waals surface area contributed by atoms with Crippen LogP contribution in [-0.2, 0) is 18.9 Å². The normalized spacial score (nSPS) is 32.3. The van der Waals surface area contributed by atoms with Gasteiger partial charge in [-0.25, -0.2) is 9.97 Å². The van der Waals surface area contributed by atoms with Crippen molar-refractivity contribution < 1.29 is 101 Å². The average molecular weight is 1260 g/mol. The van der Waals surface area contributed by atoms with E-state index in [0.717, 1.165) is 0 Å². The van der Waals surface area contributed by atoms with Gasteiger partial charge >= 0.3 is 0 Å². The minimum Gasteiger partial charge on any atom is -0.396 e. The Bertz CT molecular complexity index is 3970. The molecule has 0 radical (unpaired) electrons. The predicted molar refractivity (Wildman–Crippen MR) is 331 cm³/mol. The summed E-state index contributed by atoms with van der Waals surface area (Å²) in [7, 11) is 0. The Kier molecular flexibility index (Phi) is 17.8. The third-order valence-electron chi connectivity index (χ3n) is 18.5. The zero-order valence-electron chi connectivity index (χ0n) is 48.9. The Balaban J connectivity index is 1.03. The maximum Gasteiger partial charge on any atom is 0.184 e. The van der Waals surface area contributed by atoms with Crippen molar-refractivity contribution in [3.05, 3.63) is 166 Å². The van der Waals surface area contributed by atoms with Gasteiger partial charge in [-0.1, -0.05) is 97.1 Å². The molecule has 18 N–H and O–H groups in total. The first-order valence-corrected chi connectivity index (χ1v) is 30.2. The lowest BCUT2D eigenvalue weighted by atomic mass is 9.85. The summed E-state index contributed by atoms with van der Waals surface area (Å²) >= 11 is 0. The lowest BCUT2D eigenvalue weighted by molar-refractivity contribution is -0.275. The summed E-state index contributed by atoms with van der Waals surface area (Å²) in [5, 5.41) is 170. The van der Waals surface area contributed by atoms with Gasteiger partial charge in [0, 0.05) is 50.2 Å². The van der Waals surface area contributed by atoms with Gasteiger partial charge in [0.25, 0.3) is 0 Å². The lowest BCUT2D eigenvalue weighted by Gasteiger charge is -2.40. The lowest BCUT2D eigenvalue weighted by Crippen LogP contribution is -2.55. The number of aromatic amines is 2. The van der Waals surface area contributed by atoms with Gasteiger partial charge in [-0.05, 0) is 93.1 Å². The van der Waals surface area contributed by atoms with Crippen LogP contribution in [0.4, 0.5) is 0 Å². The van der Waals surface area contributed by atoms with Gasteiger partial charge < -0.3 is 111 Å². The maximum absolute atomic E-state index is 11.1. The second-order valence-corrected chi connectivity index (χ2v) is 24.0. The van der Waals surface area contributed by atoms with E-state index in [4.69, 9.17) is 28.9 Å². The molecule has 13 rings (SSSR count). The highest BCUT2D eigenvalue weighted by Crippen LogP contribution is 2.44. The number of nitrogens with zero attached hydrogens (tertiary/aromatic N) is 2. The molecule has 0 spiro atoms. The van der Waals surface area contributed by atoms with E-state index in [1.54, 1.807) is 97.1 Å². The van der Waals surface area contributed by atoms with Crippen molar-refractivity contribution in [3.63, 3.8) is 0 Å². The molecule has 7 aromatic rings. The standard InChI is InChI=1S/C68H70N4O20/c73-25-37-53(77)63(87)68(88)92-64(37)33-9-1-29(2-10-33)49-38-17-19-40(69-38)50(30-3-11-34(12-4-30)65-60(84)57(81)54(78)46(26-74)89-65)42-21-23-44(71-42)52(32-7-15-36(16-8-32)67-62(86)59(83)56(80)48(28-76)91-67)45-24-22-43(72-45)51(41-20-18-39(49)70-41)31-5-13-35(14-6-31)66-61(85)58(82)55(79)47(27-75)90-66/h1-24,37,46-48,53-69,72-88H,25-28H2/t37-,46-,47?,48?,53-,54-,55+,56+,57+,58-,59-,60-,61+,62+,63+,64?,65?,66?,67?,68+/m1/s1. The van der Waals surface area contributed by atoms with Crippen LogP contribution >= 0.6 is 0 Å². The van der Waals surface area contributed by atoms with E-state index in [1.807, 2.05) is 48.6 Å². The van der Waals surface area contributed by atoms with Crippen molar-refractivity contribution >= 4 is 46.4 Å². The summed E-state index contributed by atoms with van der Waals surface area (Å²) in [5.41, 5.74) is 10.9. The number of rotatable bonds is 12. The molecule has 482 valence electrons. The number of hydrogen-bond acceptors (Lipinski definition) is 22. The molecule has 24 heteroatoms. The Morgan fingerprint density at radius 2 is 0.554 bits per heavy atom. The van der Waals surface area contributed by atoms with Crippen LogP contribution in [-0.4, -0.2) is 220 Å². The number of aliphatic hydroxyl groups is 16. The number of benzene rings is 4. The summed E-state index contributed by atoms with van der Waals surface area (Å²) in [6.45, 7) is -2.41. The molecule has 20 atom stereocenters. The van der Waals surface area contributed by atoms with Crippen LogP contribution in [0.25, 0.3) is 90.9 Å². The van der Waals surface area contributed by atoms with Crippen LogP contribution < -0.4 is 0 Å². The van der Waals surface area contributed by atoms with E-state index in [0.29, 0.717) is 112 Å². The molecule has 3 aromatic heterocycles. The minimum absolute atomic E-state index is 0.440. The Hall–Kier alpha value is -7.32. The molecule has 9 heterocycles. The molecule has 6 aliphatic rings.